The highest BCUT2D eigenvalue weighted by Gasteiger charge is 2.40. The van der Waals surface area contributed by atoms with E-state index in [0.717, 1.165) is 12.8 Å². The van der Waals surface area contributed by atoms with Crippen LogP contribution in [0.2, 0.25) is 0 Å². The second-order valence-corrected chi connectivity index (χ2v) is 10.5. The third kappa shape index (κ3) is 5.15. The third-order valence-corrected chi connectivity index (χ3v) is 7.75. The Morgan fingerprint density at radius 3 is 2.35 bits per heavy atom. The predicted octanol–water partition coefficient (Wildman–Crippen LogP) is 5.30. The summed E-state index contributed by atoms with van der Waals surface area (Å²) in [5.74, 6) is -0.396. The van der Waals surface area contributed by atoms with Crippen molar-refractivity contribution in [1.82, 2.24) is 14.5 Å². The third-order valence-electron chi connectivity index (χ3n) is 7.36. The number of carbonyl (C=O) groups is 2. The van der Waals surface area contributed by atoms with E-state index in [1.54, 1.807) is 4.90 Å². The molecule has 1 amide bonds. The Kier molecular flexibility index (Phi) is 7.35. The molecule has 8 nitrogen and oxygen atoms in total. The zero-order valence-corrected chi connectivity index (χ0v) is 22.3. The molecule has 1 atom stereocenters. The van der Waals surface area contributed by atoms with Crippen LogP contribution in [0.1, 0.15) is 48.6 Å². The number of carbonyl (C=O) groups excluding carboxylic acids is 1. The first kappa shape index (κ1) is 25.5. The summed E-state index contributed by atoms with van der Waals surface area (Å²) in [4.78, 5) is 30.9. The number of benzene rings is 2. The van der Waals surface area contributed by atoms with Crippen molar-refractivity contribution >= 4 is 28.0 Å². The zero-order valence-electron chi connectivity index (χ0n) is 20.7. The van der Waals surface area contributed by atoms with Gasteiger partial charge in [0.1, 0.15) is 29.2 Å². The number of nitrogens with zero attached hydrogens (tertiary/aromatic N) is 3. The van der Waals surface area contributed by atoms with Crippen molar-refractivity contribution in [2.45, 2.75) is 37.2 Å². The van der Waals surface area contributed by atoms with Gasteiger partial charge in [0.05, 0.1) is 0 Å². The molecule has 0 saturated carbocycles. The lowest BCUT2D eigenvalue weighted by atomic mass is 9.89. The van der Waals surface area contributed by atoms with E-state index in [2.05, 4.69) is 45.2 Å². The molecule has 1 aliphatic carbocycles. The highest BCUT2D eigenvalue weighted by Crippen LogP contribution is 2.44. The molecule has 37 heavy (non-hydrogen) atoms. The average Bonchev–Trinajstić information content (AvgIpc) is 3.39. The molecule has 9 heteroatoms. The van der Waals surface area contributed by atoms with E-state index >= 15 is 0 Å². The maximum absolute atomic E-state index is 13.3. The Bertz CT molecular complexity index is 1260. The molecule has 1 fully saturated rings. The molecule has 194 valence electrons. The van der Waals surface area contributed by atoms with Gasteiger partial charge in [-0.15, -0.1) is 0 Å². The lowest BCUT2D eigenvalue weighted by molar-refractivity contribution is -0.154. The molecule has 1 aromatic heterocycles. The van der Waals surface area contributed by atoms with Crippen molar-refractivity contribution in [2.75, 3.05) is 26.3 Å². The summed E-state index contributed by atoms with van der Waals surface area (Å²) >= 11 is 3.41. The fraction of sp³-hybridized carbons (Fsp3) is 0.393. The number of aliphatic carboxylic acids is 1. The zero-order chi connectivity index (χ0) is 26.0. The van der Waals surface area contributed by atoms with Gasteiger partial charge in [0, 0.05) is 38.7 Å². The van der Waals surface area contributed by atoms with Gasteiger partial charge >= 0.3 is 12.1 Å². The molecule has 0 radical (unpaired) electrons. The van der Waals surface area contributed by atoms with Crippen LogP contribution >= 0.6 is 15.9 Å². The van der Waals surface area contributed by atoms with E-state index in [1.807, 2.05) is 42.1 Å². The number of ether oxygens (including phenoxy) is 2. The van der Waals surface area contributed by atoms with Gasteiger partial charge in [-0.25, -0.2) is 14.6 Å². The fourth-order valence-electron chi connectivity index (χ4n) is 5.62. The fourth-order valence-corrected chi connectivity index (χ4v) is 6.09. The van der Waals surface area contributed by atoms with Crippen LogP contribution in [0.5, 0.6) is 0 Å². The van der Waals surface area contributed by atoms with Crippen LogP contribution < -0.4 is 0 Å². The smallest absolute Gasteiger partial charge is 0.409 e. The average molecular weight is 568 g/mol. The summed E-state index contributed by atoms with van der Waals surface area (Å²) in [5, 5.41) is 9.31. The van der Waals surface area contributed by atoms with Gasteiger partial charge in [-0.1, -0.05) is 48.5 Å². The minimum absolute atomic E-state index is 0.00554. The Morgan fingerprint density at radius 1 is 1.05 bits per heavy atom. The molecule has 2 aromatic carbocycles. The Hall–Kier alpha value is -3.17. The monoisotopic (exact) mass is 567 g/mol. The maximum atomic E-state index is 13.3. The first-order valence-corrected chi connectivity index (χ1v) is 13.3. The van der Waals surface area contributed by atoms with Crippen LogP contribution in [-0.4, -0.2) is 57.9 Å². The van der Waals surface area contributed by atoms with E-state index in [9.17, 15) is 14.7 Å². The van der Waals surface area contributed by atoms with Gasteiger partial charge in [-0.05, 0) is 57.4 Å². The number of aryl methyl sites for hydroxylation is 1. The Balaban J connectivity index is 1.31. The molecule has 0 bridgehead atoms. The topological polar surface area (TPSA) is 93.9 Å². The first-order chi connectivity index (χ1) is 17.9. The van der Waals surface area contributed by atoms with Crippen molar-refractivity contribution in [3.63, 3.8) is 0 Å². The number of halogens is 1. The van der Waals surface area contributed by atoms with Crippen molar-refractivity contribution in [3.05, 3.63) is 76.3 Å². The second-order valence-electron chi connectivity index (χ2n) is 9.67. The number of imidazole rings is 1. The van der Waals surface area contributed by atoms with Gasteiger partial charge in [0.25, 0.3) is 0 Å². The standard InChI is InChI=1S/C28H30BrN3O5/c1-31-16-24(29)30-26(31)28(37-18-25(33)34)12-6-7-14-32(15-13-28)27(35)36-17-23-21-10-4-2-8-19(21)20-9-3-5-11-22(20)23/h2-5,8-11,16,23H,6-7,12-15,17-18H2,1H3,(H,33,34). The number of carboxylic acid groups (broad SMARTS) is 1. The van der Waals surface area contributed by atoms with Crippen molar-refractivity contribution < 1.29 is 24.2 Å². The van der Waals surface area contributed by atoms with Crippen LogP contribution in [0.3, 0.4) is 0 Å². The van der Waals surface area contributed by atoms with Crippen molar-refractivity contribution in [3.8, 4) is 11.1 Å². The Labute approximate surface area is 224 Å². The summed E-state index contributed by atoms with van der Waals surface area (Å²) in [6.45, 7) is 0.780. The van der Waals surface area contributed by atoms with Crippen LogP contribution in [0, 0.1) is 0 Å². The molecule has 5 rings (SSSR count). The number of rotatable bonds is 6. The largest absolute Gasteiger partial charge is 0.480 e. The molecule has 2 heterocycles. The van der Waals surface area contributed by atoms with E-state index < -0.39 is 18.2 Å². The minimum Gasteiger partial charge on any atom is -0.480 e. The molecule has 1 aliphatic heterocycles. The van der Waals surface area contributed by atoms with E-state index in [0.29, 0.717) is 36.4 Å². The summed E-state index contributed by atoms with van der Waals surface area (Å²) in [5.41, 5.74) is 3.80. The summed E-state index contributed by atoms with van der Waals surface area (Å²) in [6, 6.07) is 16.5. The number of fused-ring (bicyclic) bond motifs is 3. The minimum atomic E-state index is -1.04. The quantitative estimate of drug-likeness (QED) is 0.434. The van der Waals surface area contributed by atoms with Gasteiger partial charge < -0.3 is 24.0 Å². The van der Waals surface area contributed by atoms with Crippen LogP contribution in [-0.2, 0) is 26.9 Å². The number of amides is 1. The molecule has 3 aromatic rings. The lowest BCUT2D eigenvalue weighted by Gasteiger charge is -2.37. The van der Waals surface area contributed by atoms with Crippen molar-refractivity contribution in [2.24, 2.45) is 7.05 Å². The molecular formula is C28H30BrN3O5. The number of hydrogen-bond donors (Lipinski definition) is 1. The van der Waals surface area contributed by atoms with Gasteiger partial charge in [-0.3, -0.25) is 0 Å². The SMILES string of the molecule is Cn1cc(Br)nc1C1(OCC(=O)O)CCCCN(C(=O)OCC2c3ccccc3-c3ccccc32)CC1. The van der Waals surface area contributed by atoms with Crippen LogP contribution in [0.25, 0.3) is 11.1 Å². The van der Waals surface area contributed by atoms with Crippen LogP contribution in [0.4, 0.5) is 4.79 Å². The van der Waals surface area contributed by atoms with E-state index in [-0.39, 0.29) is 18.6 Å². The van der Waals surface area contributed by atoms with Gasteiger partial charge in [-0.2, -0.15) is 0 Å². The van der Waals surface area contributed by atoms with E-state index in [1.165, 1.54) is 22.3 Å². The summed E-state index contributed by atoms with van der Waals surface area (Å²) in [7, 11) is 1.86. The molecule has 1 saturated heterocycles. The molecule has 2 aliphatic rings. The summed E-state index contributed by atoms with van der Waals surface area (Å²) < 4.78 is 14.4. The first-order valence-electron chi connectivity index (χ1n) is 12.5. The number of aromatic nitrogens is 2. The normalized spacial score (nSPS) is 19.6. The number of hydrogen-bond acceptors (Lipinski definition) is 5. The summed E-state index contributed by atoms with van der Waals surface area (Å²) in [6.07, 6.45) is 4.02. The molecule has 0 spiro atoms. The maximum Gasteiger partial charge on any atom is 0.409 e. The molecule has 1 unspecified atom stereocenters. The molecular weight excluding hydrogens is 538 g/mol. The number of likely N-dealkylation sites (tertiary alicyclic amines) is 1. The van der Waals surface area contributed by atoms with Crippen LogP contribution in [0.15, 0.2) is 59.3 Å². The lowest BCUT2D eigenvalue weighted by Crippen LogP contribution is -2.43. The molecule has 1 N–H and O–H groups in total. The van der Waals surface area contributed by atoms with Gasteiger partial charge in [0.15, 0.2) is 0 Å². The Morgan fingerprint density at radius 2 is 1.73 bits per heavy atom. The van der Waals surface area contributed by atoms with Crippen molar-refractivity contribution in [1.29, 1.82) is 0 Å². The van der Waals surface area contributed by atoms with E-state index in [4.69, 9.17) is 9.47 Å². The second kappa shape index (κ2) is 10.7. The number of carboxylic acids is 1. The predicted molar refractivity (Wildman–Crippen MR) is 141 cm³/mol. The van der Waals surface area contributed by atoms with Gasteiger partial charge in [0.2, 0.25) is 0 Å². The highest BCUT2D eigenvalue weighted by molar-refractivity contribution is 9.10. The highest BCUT2D eigenvalue weighted by atomic mass is 79.9.